The Balaban J connectivity index is 1.89. The smallest absolute Gasteiger partial charge is 0.122 e. The van der Waals surface area contributed by atoms with E-state index in [1.165, 1.54) is 25.7 Å². The quantitative estimate of drug-likeness (QED) is 0.822. The molecule has 84 valence electrons. The average Bonchev–Trinajstić information content (AvgIpc) is 2.86. The van der Waals surface area contributed by atoms with Crippen molar-refractivity contribution in [3.8, 4) is 0 Å². The van der Waals surface area contributed by atoms with Crippen molar-refractivity contribution in [2.75, 3.05) is 0 Å². The molecule has 1 saturated carbocycles. The molecule has 3 nitrogen and oxygen atoms in total. The number of nitrogens with one attached hydrogen (secondary N) is 1. The van der Waals surface area contributed by atoms with Gasteiger partial charge in [0.1, 0.15) is 5.82 Å². The largest absolute Gasteiger partial charge is 0.331 e. The van der Waals surface area contributed by atoms with Crippen LogP contribution in [0, 0.1) is 0 Å². The maximum atomic E-state index is 4.40. The summed E-state index contributed by atoms with van der Waals surface area (Å²) in [5.74, 6) is 1.16. The van der Waals surface area contributed by atoms with Gasteiger partial charge in [-0.15, -0.1) is 0 Å². The van der Waals surface area contributed by atoms with E-state index in [2.05, 4.69) is 34.9 Å². The fraction of sp³-hybridized carbons (Fsp3) is 0.750. The van der Waals surface area contributed by atoms with E-state index in [0.717, 1.165) is 18.4 Å². The Morgan fingerprint density at radius 3 is 2.87 bits per heavy atom. The summed E-state index contributed by atoms with van der Waals surface area (Å²) in [6, 6.07) is 1.23. The first-order chi connectivity index (χ1) is 7.27. The van der Waals surface area contributed by atoms with E-state index in [0.29, 0.717) is 6.04 Å². The van der Waals surface area contributed by atoms with Crippen LogP contribution in [0.1, 0.15) is 51.4 Å². The zero-order valence-electron chi connectivity index (χ0n) is 9.74. The first-order valence-corrected chi connectivity index (χ1v) is 6.02. The zero-order valence-corrected chi connectivity index (χ0v) is 9.74. The first-order valence-electron chi connectivity index (χ1n) is 6.02. The fourth-order valence-electron chi connectivity index (χ4n) is 2.32. The average molecular weight is 207 g/mol. The van der Waals surface area contributed by atoms with Gasteiger partial charge in [0.05, 0.1) is 6.54 Å². The molecule has 0 radical (unpaired) electrons. The van der Waals surface area contributed by atoms with Crippen LogP contribution in [-0.4, -0.2) is 15.6 Å². The zero-order chi connectivity index (χ0) is 10.7. The Labute approximate surface area is 91.9 Å². The predicted molar refractivity (Wildman–Crippen MR) is 61.7 cm³/mol. The Morgan fingerprint density at radius 2 is 2.20 bits per heavy atom. The van der Waals surface area contributed by atoms with E-state index in [1.54, 1.807) is 0 Å². The van der Waals surface area contributed by atoms with Gasteiger partial charge in [-0.2, -0.15) is 0 Å². The lowest BCUT2D eigenvalue weighted by atomic mass is 10.2. The second kappa shape index (κ2) is 4.79. The molecule has 1 aromatic rings. The van der Waals surface area contributed by atoms with Crippen molar-refractivity contribution in [1.82, 2.24) is 14.9 Å². The number of imidazole rings is 1. The van der Waals surface area contributed by atoms with Gasteiger partial charge in [-0.1, -0.05) is 12.8 Å². The highest BCUT2D eigenvalue weighted by Gasteiger charge is 2.15. The minimum atomic E-state index is 0.507. The standard InChI is InChI=1S/C12H21N3/c1-10(2)15-8-7-13-12(15)9-14-11-5-3-4-6-11/h7-8,10-11,14H,3-6,9H2,1-2H3. The van der Waals surface area contributed by atoms with Crippen LogP contribution < -0.4 is 5.32 Å². The van der Waals surface area contributed by atoms with E-state index >= 15 is 0 Å². The lowest BCUT2D eigenvalue weighted by Gasteiger charge is -2.14. The van der Waals surface area contributed by atoms with Crippen LogP contribution >= 0.6 is 0 Å². The minimum Gasteiger partial charge on any atom is -0.331 e. The molecule has 0 amide bonds. The molecule has 0 atom stereocenters. The Kier molecular flexibility index (Phi) is 3.41. The molecule has 1 heterocycles. The molecular weight excluding hydrogens is 186 g/mol. The first kappa shape index (κ1) is 10.7. The molecule has 0 saturated heterocycles. The van der Waals surface area contributed by atoms with Crippen LogP contribution in [0.3, 0.4) is 0 Å². The van der Waals surface area contributed by atoms with Crippen molar-refractivity contribution in [2.45, 2.75) is 58.2 Å². The molecule has 1 fully saturated rings. The Bertz CT molecular complexity index is 298. The van der Waals surface area contributed by atoms with Crippen LogP contribution in [0.15, 0.2) is 12.4 Å². The van der Waals surface area contributed by atoms with E-state index in [4.69, 9.17) is 0 Å². The number of hydrogen-bond donors (Lipinski definition) is 1. The highest BCUT2D eigenvalue weighted by Crippen LogP contribution is 2.18. The van der Waals surface area contributed by atoms with Gasteiger partial charge in [0, 0.05) is 24.5 Å². The second-order valence-corrected chi connectivity index (χ2v) is 4.71. The van der Waals surface area contributed by atoms with Crippen molar-refractivity contribution in [2.24, 2.45) is 0 Å². The summed E-state index contributed by atoms with van der Waals surface area (Å²) in [5.41, 5.74) is 0. The molecule has 0 aliphatic heterocycles. The summed E-state index contributed by atoms with van der Waals surface area (Å²) >= 11 is 0. The summed E-state index contributed by atoms with van der Waals surface area (Å²) < 4.78 is 2.24. The van der Waals surface area contributed by atoms with E-state index in [1.807, 2.05) is 6.20 Å². The lowest BCUT2D eigenvalue weighted by Crippen LogP contribution is -2.27. The van der Waals surface area contributed by atoms with Crippen LogP contribution in [0.25, 0.3) is 0 Å². The normalized spacial score (nSPS) is 17.8. The van der Waals surface area contributed by atoms with Crippen molar-refractivity contribution in [1.29, 1.82) is 0 Å². The number of rotatable bonds is 4. The lowest BCUT2D eigenvalue weighted by molar-refractivity contribution is 0.484. The molecule has 1 N–H and O–H groups in total. The monoisotopic (exact) mass is 207 g/mol. The van der Waals surface area contributed by atoms with Crippen LogP contribution in [0.2, 0.25) is 0 Å². The van der Waals surface area contributed by atoms with Crippen LogP contribution in [-0.2, 0) is 6.54 Å². The summed E-state index contributed by atoms with van der Waals surface area (Å²) in [6.45, 7) is 5.30. The van der Waals surface area contributed by atoms with Gasteiger partial charge >= 0.3 is 0 Å². The molecule has 0 spiro atoms. The predicted octanol–water partition coefficient (Wildman–Crippen LogP) is 2.50. The molecule has 2 rings (SSSR count). The Morgan fingerprint density at radius 1 is 1.47 bits per heavy atom. The molecular formula is C12H21N3. The number of aromatic nitrogens is 2. The van der Waals surface area contributed by atoms with Gasteiger partial charge in [-0.05, 0) is 26.7 Å². The summed E-state index contributed by atoms with van der Waals surface area (Å²) in [4.78, 5) is 4.40. The van der Waals surface area contributed by atoms with E-state index < -0.39 is 0 Å². The SMILES string of the molecule is CC(C)n1ccnc1CNC1CCCC1. The van der Waals surface area contributed by atoms with Gasteiger partial charge in [0.25, 0.3) is 0 Å². The second-order valence-electron chi connectivity index (χ2n) is 4.71. The number of hydrogen-bond acceptors (Lipinski definition) is 2. The van der Waals surface area contributed by atoms with Crippen LogP contribution in [0.5, 0.6) is 0 Å². The van der Waals surface area contributed by atoms with Crippen molar-refractivity contribution < 1.29 is 0 Å². The van der Waals surface area contributed by atoms with Gasteiger partial charge < -0.3 is 9.88 Å². The summed E-state index contributed by atoms with van der Waals surface area (Å²) in [7, 11) is 0. The molecule has 1 aliphatic carbocycles. The number of nitrogens with zero attached hydrogens (tertiary/aromatic N) is 2. The molecule has 0 bridgehead atoms. The highest BCUT2D eigenvalue weighted by molar-refractivity contribution is 4.94. The van der Waals surface area contributed by atoms with Gasteiger partial charge in [-0.25, -0.2) is 4.98 Å². The molecule has 15 heavy (non-hydrogen) atoms. The van der Waals surface area contributed by atoms with Gasteiger partial charge in [-0.3, -0.25) is 0 Å². The third kappa shape index (κ3) is 2.59. The van der Waals surface area contributed by atoms with Crippen molar-refractivity contribution in [3.63, 3.8) is 0 Å². The third-order valence-corrected chi connectivity index (χ3v) is 3.21. The fourth-order valence-corrected chi connectivity index (χ4v) is 2.32. The van der Waals surface area contributed by atoms with E-state index in [-0.39, 0.29) is 0 Å². The molecule has 0 unspecified atom stereocenters. The maximum Gasteiger partial charge on any atom is 0.122 e. The summed E-state index contributed by atoms with van der Waals surface area (Å²) in [5, 5.41) is 3.60. The van der Waals surface area contributed by atoms with Crippen molar-refractivity contribution in [3.05, 3.63) is 18.2 Å². The summed E-state index contributed by atoms with van der Waals surface area (Å²) in [6.07, 6.45) is 9.40. The third-order valence-electron chi connectivity index (χ3n) is 3.21. The molecule has 1 aliphatic rings. The topological polar surface area (TPSA) is 29.9 Å². The highest BCUT2D eigenvalue weighted by atomic mass is 15.1. The van der Waals surface area contributed by atoms with Gasteiger partial charge in [0.15, 0.2) is 0 Å². The van der Waals surface area contributed by atoms with Crippen molar-refractivity contribution >= 4 is 0 Å². The molecule has 3 heteroatoms. The maximum absolute atomic E-state index is 4.40. The molecule has 1 aromatic heterocycles. The van der Waals surface area contributed by atoms with E-state index in [9.17, 15) is 0 Å². The molecule has 0 aromatic carbocycles. The van der Waals surface area contributed by atoms with Crippen LogP contribution in [0.4, 0.5) is 0 Å². The minimum absolute atomic E-state index is 0.507. The Hall–Kier alpha value is -0.830. The van der Waals surface area contributed by atoms with Gasteiger partial charge in [0.2, 0.25) is 0 Å².